The SMILES string of the molecule is COc1cc(OC)cc(C(=O)NCCc2nc3ccc(OC)cc3[nH]2)c1. The molecule has 0 aliphatic heterocycles. The van der Waals surface area contributed by atoms with E-state index in [1.54, 1.807) is 39.5 Å². The quantitative estimate of drug-likeness (QED) is 0.680. The van der Waals surface area contributed by atoms with Crippen molar-refractivity contribution in [1.29, 1.82) is 0 Å². The van der Waals surface area contributed by atoms with Crippen LogP contribution in [0.5, 0.6) is 17.2 Å². The molecular weight excluding hydrogens is 334 g/mol. The second-order valence-corrected chi connectivity index (χ2v) is 5.67. The lowest BCUT2D eigenvalue weighted by molar-refractivity contribution is 0.0953. The summed E-state index contributed by atoms with van der Waals surface area (Å²) in [6.07, 6.45) is 0.587. The molecule has 1 aromatic heterocycles. The summed E-state index contributed by atoms with van der Waals surface area (Å²) in [5.74, 6) is 2.52. The Kier molecular flexibility index (Phi) is 5.26. The molecule has 1 heterocycles. The van der Waals surface area contributed by atoms with Crippen molar-refractivity contribution in [3.8, 4) is 17.2 Å². The third-order valence-electron chi connectivity index (χ3n) is 4.00. The van der Waals surface area contributed by atoms with Gasteiger partial charge in [-0.15, -0.1) is 0 Å². The van der Waals surface area contributed by atoms with Gasteiger partial charge in [0.25, 0.3) is 5.91 Å². The van der Waals surface area contributed by atoms with E-state index in [9.17, 15) is 4.79 Å². The molecule has 0 radical (unpaired) electrons. The number of nitrogens with zero attached hydrogens (tertiary/aromatic N) is 1. The summed E-state index contributed by atoms with van der Waals surface area (Å²) in [6.45, 7) is 0.454. The summed E-state index contributed by atoms with van der Waals surface area (Å²) in [5.41, 5.74) is 2.25. The number of hydrogen-bond acceptors (Lipinski definition) is 5. The molecule has 0 bridgehead atoms. The van der Waals surface area contributed by atoms with E-state index in [1.807, 2.05) is 18.2 Å². The maximum Gasteiger partial charge on any atom is 0.251 e. The molecule has 7 heteroatoms. The average molecular weight is 355 g/mol. The second kappa shape index (κ2) is 7.77. The minimum atomic E-state index is -0.194. The molecule has 1 amide bonds. The van der Waals surface area contributed by atoms with Gasteiger partial charge in [-0.1, -0.05) is 0 Å². The van der Waals surface area contributed by atoms with E-state index in [0.29, 0.717) is 30.0 Å². The van der Waals surface area contributed by atoms with Crippen molar-refractivity contribution in [2.24, 2.45) is 0 Å². The van der Waals surface area contributed by atoms with E-state index in [2.05, 4.69) is 15.3 Å². The van der Waals surface area contributed by atoms with Crippen LogP contribution in [0.4, 0.5) is 0 Å². The number of H-pyrrole nitrogens is 1. The number of imidazole rings is 1. The van der Waals surface area contributed by atoms with Crippen LogP contribution in [0.25, 0.3) is 11.0 Å². The molecule has 3 aromatic rings. The number of amides is 1. The maximum absolute atomic E-state index is 12.4. The highest BCUT2D eigenvalue weighted by molar-refractivity contribution is 5.95. The highest BCUT2D eigenvalue weighted by atomic mass is 16.5. The van der Waals surface area contributed by atoms with Crippen molar-refractivity contribution >= 4 is 16.9 Å². The standard InChI is InChI=1S/C19H21N3O4/c1-24-13-4-5-16-17(11-13)22-18(21-16)6-7-20-19(23)12-8-14(25-2)10-15(9-12)26-3/h4-5,8-11H,6-7H2,1-3H3,(H,20,23)(H,21,22). The zero-order chi connectivity index (χ0) is 18.5. The number of carbonyl (C=O) groups is 1. The lowest BCUT2D eigenvalue weighted by Crippen LogP contribution is -2.26. The number of benzene rings is 2. The number of ether oxygens (including phenoxy) is 3. The van der Waals surface area contributed by atoms with Gasteiger partial charge in [0.15, 0.2) is 0 Å². The number of methoxy groups -OCH3 is 3. The smallest absolute Gasteiger partial charge is 0.251 e. The van der Waals surface area contributed by atoms with Crippen LogP contribution in [-0.2, 0) is 6.42 Å². The van der Waals surface area contributed by atoms with Crippen LogP contribution in [0.3, 0.4) is 0 Å². The Morgan fingerprint density at radius 3 is 2.35 bits per heavy atom. The monoisotopic (exact) mass is 355 g/mol. The van der Waals surface area contributed by atoms with E-state index >= 15 is 0 Å². The van der Waals surface area contributed by atoms with Crippen molar-refractivity contribution in [3.05, 3.63) is 47.8 Å². The first-order valence-electron chi connectivity index (χ1n) is 8.17. The molecule has 0 unspecified atom stereocenters. The fraction of sp³-hybridized carbons (Fsp3) is 0.263. The van der Waals surface area contributed by atoms with E-state index in [0.717, 1.165) is 22.6 Å². The van der Waals surface area contributed by atoms with Crippen LogP contribution in [0, 0.1) is 0 Å². The van der Waals surface area contributed by atoms with Crippen molar-refractivity contribution < 1.29 is 19.0 Å². The van der Waals surface area contributed by atoms with Gasteiger partial charge in [0, 0.05) is 30.7 Å². The summed E-state index contributed by atoms with van der Waals surface area (Å²) in [4.78, 5) is 20.1. The summed E-state index contributed by atoms with van der Waals surface area (Å²) >= 11 is 0. The van der Waals surface area contributed by atoms with Crippen molar-refractivity contribution in [2.75, 3.05) is 27.9 Å². The Hall–Kier alpha value is -3.22. The fourth-order valence-electron chi connectivity index (χ4n) is 2.62. The van der Waals surface area contributed by atoms with Gasteiger partial charge in [-0.2, -0.15) is 0 Å². The van der Waals surface area contributed by atoms with Crippen LogP contribution in [0.2, 0.25) is 0 Å². The van der Waals surface area contributed by atoms with E-state index in [4.69, 9.17) is 14.2 Å². The highest BCUT2D eigenvalue weighted by Gasteiger charge is 2.10. The normalized spacial score (nSPS) is 10.6. The number of aromatic nitrogens is 2. The first-order chi connectivity index (χ1) is 12.6. The van der Waals surface area contributed by atoms with Gasteiger partial charge < -0.3 is 24.5 Å². The van der Waals surface area contributed by atoms with Crippen molar-refractivity contribution in [2.45, 2.75) is 6.42 Å². The molecule has 2 aromatic carbocycles. The highest BCUT2D eigenvalue weighted by Crippen LogP contribution is 2.22. The molecule has 136 valence electrons. The van der Waals surface area contributed by atoms with Crippen LogP contribution in [0.1, 0.15) is 16.2 Å². The minimum absolute atomic E-state index is 0.194. The Morgan fingerprint density at radius 2 is 1.69 bits per heavy atom. The zero-order valence-corrected chi connectivity index (χ0v) is 15.0. The molecule has 7 nitrogen and oxygen atoms in total. The number of rotatable bonds is 7. The lowest BCUT2D eigenvalue weighted by Gasteiger charge is -2.09. The van der Waals surface area contributed by atoms with Gasteiger partial charge in [0.05, 0.1) is 32.4 Å². The first-order valence-corrected chi connectivity index (χ1v) is 8.17. The molecule has 2 N–H and O–H groups in total. The van der Waals surface area contributed by atoms with Gasteiger partial charge in [-0.3, -0.25) is 4.79 Å². The average Bonchev–Trinajstić information content (AvgIpc) is 3.08. The Morgan fingerprint density at radius 1 is 1.00 bits per heavy atom. The number of carbonyl (C=O) groups excluding carboxylic acids is 1. The summed E-state index contributed by atoms with van der Waals surface area (Å²) < 4.78 is 15.6. The number of fused-ring (bicyclic) bond motifs is 1. The molecule has 0 spiro atoms. The second-order valence-electron chi connectivity index (χ2n) is 5.67. The number of aromatic amines is 1. The number of hydrogen-bond donors (Lipinski definition) is 2. The van der Waals surface area contributed by atoms with E-state index < -0.39 is 0 Å². The summed E-state index contributed by atoms with van der Waals surface area (Å²) in [7, 11) is 4.72. The van der Waals surface area contributed by atoms with Crippen molar-refractivity contribution in [1.82, 2.24) is 15.3 Å². The van der Waals surface area contributed by atoms with Crippen LogP contribution >= 0.6 is 0 Å². The van der Waals surface area contributed by atoms with Gasteiger partial charge in [0.2, 0.25) is 0 Å². The lowest BCUT2D eigenvalue weighted by atomic mass is 10.2. The maximum atomic E-state index is 12.4. The van der Waals surface area contributed by atoms with Gasteiger partial charge in [0.1, 0.15) is 23.1 Å². The van der Waals surface area contributed by atoms with Gasteiger partial charge in [-0.05, 0) is 24.3 Å². The fourth-order valence-corrected chi connectivity index (χ4v) is 2.62. The Bertz CT molecular complexity index is 898. The largest absolute Gasteiger partial charge is 0.497 e. The van der Waals surface area contributed by atoms with Crippen LogP contribution in [0.15, 0.2) is 36.4 Å². The first kappa shape index (κ1) is 17.6. The summed E-state index contributed by atoms with van der Waals surface area (Å²) in [6, 6.07) is 10.7. The third-order valence-corrected chi connectivity index (χ3v) is 4.00. The molecule has 0 fully saturated rings. The summed E-state index contributed by atoms with van der Waals surface area (Å²) in [5, 5.41) is 2.88. The molecule has 0 saturated heterocycles. The third kappa shape index (κ3) is 3.88. The predicted molar refractivity (Wildman–Crippen MR) is 98.2 cm³/mol. The molecule has 0 aliphatic carbocycles. The Labute approximate surface area is 151 Å². The minimum Gasteiger partial charge on any atom is -0.497 e. The topological polar surface area (TPSA) is 85.5 Å². The zero-order valence-electron chi connectivity index (χ0n) is 15.0. The van der Waals surface area contributed by atoms with E-state index in [-0.39, 0.29) is 5.91 Å². The van der Waals surface area contributed by atoms with E-state index in [1.165, 1.54) is 0 Å². The molecular formula is C19H21N3O4. The van der Waals surface area contributed by atoms with Crippen LogP contribution < -0.4 is 19.5 Å². The molecule has 0 atom stereocenters. The molecule has 0 saturated carbocycles. The van der Waals surface area contributed by atoms with Crippen molar-refractivity contribution in [3.63, 3.8) is 0 Å². The van der Waals surface area contributed by atoms with Crippen LogP contribution in [-0.4, -0.2) is 43.7 Å². The predicted octanol–water partition coefficient (Wildman–Crippen LogP) is 2.56. The van der Waals surface area contributed by atoms with Gasteiger partial charge >= 0.3 is 0 Å². The van der Waals surface area contributed by atoms with Gasteiger partial charge in [-0.25, -0.2) is 4.98 Å². The number of nitrogens with one attached hydrogen (secondary N) is 2. The Balaban J connectivity index is 1.63. The molecule has 26 heavy (non-hydrogen) atoms. The molecule has 3 rings (SSSR count). The molecule has 0 aliphatic rings.